The van der Waals surface area contributed by atoms with Gasteiger partial charge >= 0.3 is 0 Å². The summed E-state index contributed by atoms with van der Waals surface area (Å²) < 4.78 is 6.70. The third kappa shape index (κ3) is 2.47. The highest BCUT2D eigenvalue weighted by Crippen LogP contribution is 2.31. The number of nitrogens with one attached hydrogen (secondary N) is 1. The summed E-state index contributed by atoms with van der Waals surface area (Å²) in [4.78, 5) is 0. The Labute approximate surface area is 129 Å². The van der Waals surface area contributed by atoms with E-state index in [4.69, 9.17) is 21.9 Å². The maximum atomic E-state index is 6.13. The molecule has 3 nitrogen and oxygen atoms in total. The molecule has 0 aliphatic rings. The first kappa shape index (κ1) is 13.6. The molecule has 0 fully saturated rings. The van der Waals surface area contributed by atoms with E-state index in [0.29, 0.717) is 5.02 Å². The lowest BCUT2D eigenvalue weighted by molar-refractivity contribution is 0.477. The fourth-order valence-electron chi connectivity index (χ4n) is 2.18. The van der Waals surface area contributed by atoms with Crippen molar-refractivity contribution in [3.05, 3.63) is 69.3 Å². The zero-order valence-electron chi connectivity index (χ0n) is 10.4. The van der Waals surface area contributed by atoms with Crippen molar-refractivity contribution < 1.29 is 4.42 Å². The Balaban J connectivity index is 2.06. The summed E-state index contributed by atoms with van der Waals surface area (Å²) >= 11 is 9.51. The van der Waals surface area contributed by atoms with Crippen molar-refractivity contribution >= 4 is 38.5 Å². The van der Waals surface area contributed by atoms with Gasteiger partial charge in [0.2, 0.25) is 0 Å². The molecule has 0 saturated carbocycles. The van der Waals surface area contributed by atoms with Crippen LogP contribution < -0.4 is 11.3 Å². The Kier molecular flexibility index (Phi) is 3.81. The summed E-state index contributed by atoms with van der Waals surface area (Å²) in [6.07, 6.45) is 0. The van der Waals surface area contributed by atoms with Crippen LogP contribution in [0.25, 0.3) is 11.0 Å². The van der Waals surface area contributed by atoms with E-state index in [9.17, 15) is 0 Å². The van der Waals surface area contributed by atoms with Crippen LogP contribution in [0.4, 0.5) is 0 Å². The second-order valence-corrected chi connectivity index (χ2v) is 5.72. The maximum Gasteiger partial charge on any atom is 0.134 e. The highest BCUT2D eigenvalue weighted by atomic mass is 79.9. The molecule has 2 aromatic carbocycles. The van der Waals surface area contributed by atoms with Gasteiger partial charge in [-0.25, -0.2) is 5.43 Å². The van der Waals surface area contributed by atoms with Crippen LogP contribution in [-0.4, -0.2) is 0 Å². The van der Waals surface area contributed by atoms with Gasteiger partial charge in [0.25, 0.3) is 0 Å². The van der Waals surface area contributed by atoms with E-state index in [1.807, 2.05) is 48.5 Å². The minimum atomic E-state index is -0.243. The van der Waals surface area contributed by atoms with Crippen molar-refractivity contribution in [1.29, 1.82) is 0 Å². The number of furan rings is 1. The normalized spacial score (nSPS) is 12.8. The van der Waals surface area contributed by atoms with Gasteiger partial charge in [0.1, 0.15) is 17.4 Å². The van der Waals surface area contributed by atoms with Crippen LogP contribution in [0.1, 0.15) is 17.4 Å². The number of halogens is 2. The predicted octanol–water partition coefficient (Wildman–Crippen LogP) is 4.40. The molecule has 0 radical (unpaired) electrons. The number of hydrogen-bond acceptors (Lipinski definition) is 3. The number of benzene rings is 2. The first-order valence-electron chi connectivity index (χ1n) is 6.08. The molecule has 3 rings (SSSR count). The van der Waals surface area contributed by atoms with Gasteiger partial charge in [-0.3, -0.25) is 5.84 Å². The fraction of sp³-hybridized carbons (Fsp3) is 0.0667. The molecular weight excluding hydrogens is 340 g/mol. The van der Waals surface area contributed by atoms with Crippen LogP contribution in [0.3, 0.4) is 0 Å². The molecule has 1 heterocycles. The van der Waals surface area contributed by atoms with E-state index >= 15 is 0 Å². The van der Waals surface area contributed by atoms with E-state index in [1.54, 1.807) is 0 Å². The minimum Gasteiger partial charge on any atom is -0.459 e. The molecule has 0 aliphatic heterocycles. The van der Waals surface area contributed by atoms with E-state index in [-0.39, 0.29) is 6.04 Å². The SMILES string of the molecule is NNC(c1ccc(Br)c(Cl)c1)c1cc2ccccc2o1. The molecule has 0 bridgehead atoms. The van der Waals surface area contributed by atoms with Crippen molar-refractivity contribution in [2.24, 2.45) is 5.84 Å². The molecule has 20 heavy (non-hydrogen) atoms. The topological polar surface area (TPSA) is 51.2 Å². The largest absolute Gasteiger partial charge is 0.459 e. The number of nitrogens with two attached hydrogens (primary N) is 1. The van der Waals surface area contributed by atoms with Gasteiger partial charge < -0.3 is 4.42 Å². The van der Waals surface area contributed by atoms with Crippen LogP contribution in [0, 0.1) is 0 Å². The van der Waals surface area contributed by atoms with Crippen LogP contribution in [-0.2, 0) is 0 Å². The molecule has 5 heteroatoms. The quantitative estimate of drug-likeness (QED) is 0.543. The Bertz CT molecular complexity index is 723. The molecule has 1 atom stereocenters. The van der Waals surface area contributed by atoms with Crippen molar-refractivity contribution in [3.8, 4) is 0 Å². The van der Waals surface area contributed by atoms with E-state index in [0.717, 1.165) is 26.8 Å². The maximum absolute atomic E-state index is 6.13. The monoisotopic (exact) mass is 350 g/mol. The molecule has 0 saturated heterocycles. The highest BCUT2D eigenvalue weighted by Gasteiger charge is 2.18. The van der Waals surface area contributed by atoms with Crippen molar-refractivity contribution in [1.82, 2.24) is 5.43 Å². The molecule has 3 aromatic rings. The van der Waals surface area contributed by atoms with Gasteiger partial charge in [-0.15, -0.1) is 0 Å². The lowest BCUT2D eigenvalue weighted by atomic mass is 10.1. The van der Waals surface area contributed by atoms with Crippen LogP contribution in [0.5, 0.6) is 0 Å². The molecule has 1 aromatic heterocycles. The van der Waals surface area contributed by atoms with Crippen molar-refractivity contribution in [2.45, 2.75) is 6.04 Å². The first-order valence-corrected chi connectivity index (χ1v) is 7.25. The first-order chi connectivity index (χ1) is 9.69. The summed E-state index contributed by atoms with van der Waals surface area (Å²) in [5.41, 5.74) is 4.56. The van der Waals surface area contributed by atoms with Gasteiger partial charge in [-0.1, -0.05) is 35.9 Å². The summed E-state index contributed by atoms with van der Waals surface area (Å²) in [5.74, 6) is 6.44. The zero-order valence-corrected chi connectivity index (χ0v) is 12.8. The molecule has 1 unspecified atom stereocenters. The Hall–Kier alpha value is -1.33. The predicted molar refractivity (Wildman–Crippen MR) is 84.5 cm³/mol. The number of fused-ring (bicyclic) bond motifs is 1. The molecule has 0 amide bonds. The van der Waals surface area contributed by atoms with Gasteiger partial charge in [-0.2, -0.15) is 0 Å². The smallest absolute Gasteiger partial charge is 0.134 e. The second-order valence-electron chi connectivity index (χ2n) is 4.46. The van der Waals surface area contributed by atoms with Crippen molar-refractivity contribution in [2.75, 3.05) is 0 Å². The van der Waals surface area contributed by atoms with Gasteiger partial charge in [0.05, 0.1) is 5.02 Å². The Morgan fingerprint density at radius 1 is 1.15 bits per heavy atom. The van der Waals surface area contributed by atoms with Gasteiger partial charge in [0, 0.05) is 9.86 Å². The van der Waals surface area contributed by atoms with Crippen LogP contribution in [0.2, 0.25) is 5.02 Å². The average Bonchev–Trinajstić information content (AvgIpc) is 2.87. The van der Waals surface area contributed by atoms with Crippen LogP contribution >= 0.6 is 27.5 Å². The summed E-state index contributed by atoms with van der Waals surface area (Å²) in [7, 11) is 0. The minimum absolute atomic E-state index is 0.243. The van der Waals surface area contributed by atoms with Crippen molar-refractivity contribution in [3.63, 3.8) is 0 Å². The molecule has 0 aliphatic carbocycles. The molecule has 0 spiro atoms. The van der Waals surface area contributed by atoms with E-state index < -0.39 is 0 Å². The molecular formula is C15H12BrClN2O. The fourth-order valence-corrected chi connectivity index (χ4v) is 2.61. The van der Waals surface area contributed by atoms with Crippen LogP contribution in [0.15, 0.2) is 57.4 Å². The Morgan fingerprint density at radius 2 is 1.95 bits per heavy atom. The molecule has 102 valence electrons. The Morgan fingerprint density at radius 3 is 2.65 bits per heavy atom. The van der Waals surface area contributed by atoms with Gasteiger partial charge in [-0.05, 0) is 45.8 Å². The summed E-state index contributed by atoms with van der Waals surface area (Å²) in [5, 5.41) is 1.69. The molecule has 3 N–H and O–H groups in total. The third-order valence-corrected chi connectivity index (χ3v) is 4.41. The lowest BCUT2D eigenvalue weighted by Gasteiger charge is -2.14. The number of para-hydroxylation sites is 1. The standard InChI is InChI=1S/C15H12BrClN2O/c16-11-6-5-10(7-12(11)17)15(19-18)14-8-9-3-1-2-4-13(9)20-14/h1-8,15,19H,18H2. The number of hydrogen-bond donors (Lipinski definition) is 2. The van der Waals surface area contributed by atoms with E-state index in [2.05, 4.69) is 21.4 Å². The summed E-state index contributed by atoms with van der Waals surface area (Å²) in [6, 6.07) is 15.3. The zero-order chi connectivity index (χ0) is 14.1. The number of hydrazine groups is 1. The number of rotatable bonds is 3. The summed E-state index contributed by atoms with van der Waals surface area (Å²) in [6.45, 7) is 0. The highest BCUT2D eigenvalue weighted by molar-refractivity contribution is 9.10. The van der Waals surface area contributed by atoms with E-state index in [1.165, 1.54) is 0 Å². The van der Waals surface area contributed by atoms with Gasteiger partial charge in [0.15, 0.2) is 0 Å². The second kappa shape index (κ2) is 5.58. The average molecular weight is 352 g/mol. The third-order valence-electron chi connectivity index (χ3n) is 3.17. The lowest BCUT2D eigenvalue weighted by Crippen LogP contribution is -2.28.